The Morgan fingerprint density at radius 1 is 0.650 bits per heavy atom. The average Bonchev–Trinajstić information content (AvgIpc) is 2.49. The third kappa shape index (κ3) is 5.34. The van der Waals surface area contributed by atoms with E-state index in [4.69, 9.17) is 10.2 Å². The molecule has 0 spiro atoms. The maximum atomic E-state index is 9.00. The third-order valence-electron chi connectivity index (χ3n) is 5.61. The standard InChI is InChI=1S/C17H33NO2/c19-13-9-16-4-1-15(2-5-16)3-6-17-7-10-18(11-8-17)12-14-20/h15-17,19-20H,1-14H2. The van der Waals surface area contributed by atoms with E-state index in [2.05, 4.69) is 4.90 Å². The van der Waals surface area contributed by atoms with Crippen molar-refractivity contribution in [1.82, 2.24) is 4.90 Å². The van der Waals surface area contributed by atoms with Crippen molar-refractivity contribution in [3.63, 3.8) is 0 Å². The number of aliphatic hydroxyl groups is 2. The van der Waals surface area contributed by atoms with Gasteiger partial charge in [0.05, 0.1) is 6.61 Å². The van der Waals surface area contributed by atoms with Crippen LogP contribution >= 0.6 is 0 Å². The number of likely N-dealkylation sites (tertiary alicyclic amines) is 1. The SMILES string of the molecule is OCCC1CCC(CCC2CCN(CCO)CC2)CC1. The molecule has 20 heavy (non-hydrogen) atoms. The summed E-state index contributed by atoms with van der Waals surface area (Å²) in [5, 5.41) is 18.0. The van der Waals surface area contributed by atoms with Gasteiger partial charge in [0.15, 0.2) is 0 Å². The first-order chi connectivity index (χ1) is 9.81. The second-order valence-electron chi connectivity index (χ2n) is 6.99. The monoisotopic (exact) mass is 283 g/mol. The fourth-order valence-electron chi connectivity index (χ4n) is 4.10. The van der Waals surface area contributed by atoms with Gasteiger partial charge in [0.2, 0.25) is 0 Å². The van der Waals surface area contributed by atoms with Crippen molar-refractivity contribution in [2.75, 3.05) is 32.8 Å². The summed E-state index contributed by atoms with van der Waals surface area (Å²) in [6.07, 6.45) is 12.0. The van der Waals surface area contributed by atoms with E-state index in [1.54, 1.807) is 0 Å². The predicted molar refractivity (Wildman–Crippen MR) is 82.6 cm³/mol. The fraction of sp³-hybridized carbons (Fsp3) is 1.00. The topological polar surface area (TPSA) is 43.7 Å². The Kier molecular flexibility index (Phi) is 7.32. The zero-order valence-electron chi connectivity index (χ0n) is 13.0. The molecule has 2 N–H and O–H groups in total. The molecule has 3 nitrogen and oxygen atoms in total. The zero-order chi connectivity index (χ0) is 14.2. The number of nitrogens with zero attached hydrogens (tertiary/aromatic N) is 1. The molecule has 0 aromatic rings. The van der Waals surface area contributed by atoms with E-state index in [-0.39, 0.29) is 0 Å². The van der Waals surface area contributed by atoms with Crippen LogP contribution in [0.2, 0.25) is 0 Å². The first-order valence-electron chi connectivity index (χ1n) is 8.76. The van der Waals surface area contributed by atoms with E-state index >= 15 is 0 Å². The van der Waals surface area contributed by atoms with Crippen molar-refractivity contribution in [2.24, 2.45) is 17.8 Å². The van der Waals surface area contributed by atoms with E-state index in [1.165, 1.54) is 64.5 Å². The lowest BCUT2D eigenvalue weighted by Gasteiger charge is -2.33. The van der Waals surface area contributed by atoms with Crippen LogP contribution in [0.15, 0.2) is 0 Å². The largest absolute Gasteiger partial charge is 0.396 e. The maximum Gasteiger partial charge on any atom is 0.0558 e. The molecule has 0 bridgehead atoms. The summed E-state index contributed by atoms with van der Waals surface area (Å²) in [6.45, 7) is 3.92. The molecule has 118 valence electrons. The summed E-state index contributed by atoms with van der Waals surface area (Å²) in [6, 6.07) is 0. The molecule has 1 aliphatic carbocycles. The highest BCUT2D eigenvalue weighted by molar-refractivity contribution is 4.76. The number of aliphatic hydroxyl groups excluding tert-OH is 2. The van der Waals surface area contributed by atoms with Crippen LogP contribution in [-0.4, -0.2) is 48.0 Å². The third-order valence-corrected chi connectivity index (χ3v) is 5.61. The molecule has 0 radical (unpaired) electrons. The normalized spacial score (nSPS) is 29.7. The second kappa shape index (κ2) is 9.01. The van der Waals surface area contributed by atoms with Gasteiger partial charge in [-0.05, 0) is 50.1 Å². The number of hydrogen-bond acceptors (Lipinski definition) is 3. The van der Waals surface area contributed by atoms with E-state index in [1.807, 2.05) is 0 Å². The van der Waals surface area contributed by atoms with Crippen LogP contribution in [0.5, 0.6) is 0 Å². The lowest BCUT2D eigenvalue weighted by Crippen LogP contribution is -2.35. The van der Waals surface area contributed by atoms with E-state index in [9.17, 15) is 0 Å². The minimum Gasteiger partial charge on any atom is -0.396 e. The van der Waals surface area contributed by atoms with Crippen LogP contribution < -0.4 is 0 Å². The Hall–Kier alpha value is -0.120. The Morgan fingerprint density at radius 3 is 1.65 bits per heavy atom. The van der Waals surface area contributed by atoms with Crippen molar-refractivity contribution < 1.29 is 10.2 Å². The highest BCUT2D eigenvalue weighted by Gasteiger charge is 2.23. The maximum absolute atomic E-state index is 9.00. The molecule has 1 saturated carbocycles. The van der Waals surface area contributed by atoms with Crippen LogP contribution in [0, 0.1) is 17.8 Å². The Balaban J connectivity index is 1.55. The molecule has 1 heterocycles. The summed E-state index contributed by atoms with van der Waals surface area (Å²) < 4.78 is 0. The highest BCUT2D eigenvalue weighted by Crippen LogP contribution is 2.35. The van der Waals surface area contributed by atoms with Crippen molar-refractivity contribution in [3.05, 3.63) is 0 Å². The quantitative estimate of drug-likeness (QED) is 0.755. The predicted octanol–water partition coefficient (Wildman–Crippen LogP) is 2.66. The molecule has 2 aliphatic rings. The van der Waals surface area contributed by atoms with Gasteiger partial charge in [-0.2, -0.15) is 0 Å². The van der Waals surface area contributed by atoms with Gasteiger partial charge in [0, 0.05) is 13.2 Å². The molecule has 0 atom stereocenters. The van der Waals surface area contributed by atoms with Gasteiger partial charge >= 0.3 is 0 Å². The number of rotatable bonds is 7. The first kappa shape index (κ1) is 16.3. The van der Waals surface area contributed by atoms with Gasteiger partial charge in [-0.25, -0.2) is 0 Å². The molecule has 2 fully saturated rings. The summed E-state index contributed by atoms with van der Waals surface area (Å²) in [7, 11) is 0. The zero-order valence-corrected chi connectivity index (χ0v) is 13.0. The van der Waals surface area contributed by atoms with Crippen LogP contribution in [-0.2, 0) is 0 Å². The van der Waals surface area contributed by atoms with Gasteiger partial charge in [-0.1, -0.05) is 38.5 Å². The van der Waals surface area contributed by atoms with Crippen molar-refractivity contribution in [3.8, 4) is 0 Å². The lowest BCUT2D eigenvalue weighted by molar-refractivity contribution is 0.137. The minimum atomic E-state index is 0.307. The minimum absolute atomic E-state index is 0.307. The molecule has 2 rings (SSSR count). The smallest absolute Gasteiger partial charge is 0.0558 e. The van der Waals surface area contributed by atoms with Gasteiger partial charge in [0.25, 0.3) is 0 Å². The molecule has 0 unspecified atom stereocenters. The van der Waals surface area contributed by atoms with Gasteiger partial charge < -0.3 is 15.1 Å². The van der Waals surface area contributed by atoms with Crippen LogP contribution in [0.4, 0.5) is 0 Å². The van der Waals surface area contributed by atoms with E-state index in [0.717, 1.165) is 30.7 Å². The van der Waals surface area contributed by atoms with Gasteiger partial charge in [-0.3, -0.25) is 0 Å². The number of hydrogen-bond donors (Lipinski definition) is 2. The van der Waals surface area contributed by atoms with Crippen molar-refractivity contribution in [2.45, 2.75) is 57.8 Å². The summed E-state index contributed by atoms with van der Waals surface area (Å²) in [5.41, 5.74) is 0. The summed E-state index contributed by atoms with van der Waals surface area (Å²) in [5.74, 6) is 2.69. The molecule has 0 aromatic carbocycles. The number of β-amino-alcohol motifs (C(OH)–C–C–N with tert-alkyl or cyclic N) is 1. The first-order valence-corrected chi connectivity index (χ1v) is 8.76. The Morgan fingerprint density at radius 2 is 1.15 bits per heavy atom. The van der Waals surface area contributed by atoms with Gasteiger partial charge in [-0.15, -0.1) is 0 Å². The van der Waals surface area contributed by atoms with Crippen molar-refractivity contribution >= 4 is 0 Å². The Bertz CT molecular complexity index is 217. The molecule has 3 heteroatoms. The molecular formula is C17H33NO2. The lowest BCUT2D eigenvalue weighted by atomic mass is 9.77. The average molecular weight is 283 g/mol. The summed E-state index contributed by atoms with van der Waals surface area (Å²) in [4.78, 5) is 2.40. The molecule has 0 aromatic heterocycles. The number of piperidine rings is 1. The highest BCUT2D eigenvalue weighted by atomic mass is 16.3. The second-order valence-corrected chi connectivity index (χ2v) is 6.99. The van der Waals surface area contributed by atoms with E-state index < -0.39 is 0 Å². The van der Waals surface area contributed by atoms with Gasteiger partial charge in [0.1, 0.15) is 0 Å². The molecule has 1 aliphatic heterocycles. The van der Waals surface area contributed by atoms with Crippen LogP contribution in [0.1, 0.15) is 57.8 Å². The van der Waals surface area contributed by atoms with Crippen LogP contribution in [0.3, 0.4) is 0 Å². The molecule has 0 amide bonds. The molecule has 1 saturated heterocycles. The fourth-order valence-corrected chi connectivity index (χ4v) is 4.10. The molecular weight excluding hydrogens is 250 g/mol. The Labute approximate surface area is 124 Å². The van der Waals surface area contributed by atoms with E-state index in [0.29, 0.717) is 13.2 Å². The summed E-state index contributed by atoms with van der Waals surface area (Å²) >= 11 is 0. The van der Waals surface area contributed by atoms with Crippen LogP contribution in [0.25, 0.3) is 0 Å². The van der Waals surface area contributed by atoms with Crippen molar-refractivity contribution in [1.29, 1.82) is 0 Å².